The number of pyridine rings is 1. The summed E-state index contributed by atoms with van der Waals surface area (Å²) >= 11 is 9.39. The van der Waals surface area contributed by atoms with Gasteiger partial charge in [-0.2, -0.15) is 0 Å². The summed E-state index contributed by atoms with van der Waals surface area (Å²) < 4.78 is 0.839. The molecule has 19 heavy (non-hydrogen) atoms. The van der Waals surface area contributed by atoms with Crippen molar-refractivity contribution in [3.63, 3.8) is 0 Å². The molecule has 1 aromatic heterocycles. The smallest absolute Gasteiger partial charge is 0.242 e. The summed E-state index contributed by atoms with van der Waals surface area (Å²) in [6, 6.07) is 2.11. The van der Waals surface area contributed by atoms with Crippen LogP contribution in [0.5, 0.6) is 0 Å². The highest BCUT2D eigenvalue weighted by atomic mass is 79.9. The lowest BCUT2D eigenvalue weighted by molar-refractivity contribution is -0.122. The van der Waals surface area contributed by atoms with Crippen molar-refractivity contribution in [2.24, 2.45) is 0 Å². The van der Waals surface area contributed by atoms with Crippen LogP contribution in [0, 0.1) is 0 Å². The second-order valence-corrected chi connectivity index (χ2v) is 6.38. The van der Waals surface area contributed by atoms with Gasteiger partial charge in [0.2, 0.25) is 5.91 Å². The maximum atomic E-state index is 12.2. The average Bonchev–Trinajstić information content (AvgIpc) is 3.04. The predicted octanol–water partition coefficient (Wildman–Crippen LogP) is 2.74. The summed E-state index contributed by atoms with van der Waals surface area (Å²) in [4.78, 5) is 18.7. The second-order valence-electron chi connectivity index (χ2n) is 5.09. The fraction of sp³-hybridized carbons (Fsp3) is 0.538. The van der Waals surface area contributed by atoms with Gasteiger partial charge >= 0.3 is 0 Å². The number of hydrogen-bond acceptors (Lipinski definition) is 3. The summed E-state index contributed by atoms with van der Waals surface area (Å²) in [5.74, 6) is 0.932. The van der Waals surface area contributed by atoms with Gasteiger partial charge in [0.15, 0.2) is 0 Å². The highest BCUT2D eigenvalue weighted by Gasteiger charge is 2.35. The number of amides is 1. The first kappa shape index (κ1) is 13.2. The number of nitrogens with one attached hydrogen (secondary N) is 1. The van der Waals surface area contributed by atoms with Crippen molar-refractivity contribution in [3.05, 3.63) is 21.8 Å². The highest BCUT2D eigenvalue weighted by molar-refractivity contribution is 9.10. The van der Waals surface area contributed by atoms with E-state index in [0.717, 1.165) is 42.5 Å². The number of hydrogen-bond donors (Lipinski definition) is 1. The normalized spacial score (nSPS) is 22.6. The molecule has 1 amide bonds. The van der Waals surface area contributed by atoms with Gasteiger partial charge in [-0.25, -0.2) is 4.98 Å². The third-order valence-corrected chi connectivity index (χ3v) is 4.33. The van der Waals surface area contributed by atoms with Gasteiger partial charge in [0.1, 0.15) is 11.9 Å². The van der Waals surface area contributed by atoms with E-state index in [9.17, 15) is 4.79 Å². The Morgan fingerprint density at radius 1 is 1.47 bits per heavy atom. The topological polar surface area (TPSA) is 45.2 Å². The van der Waals surface area contributed by atoms with Crippen molar-refractivity contribution >= 4 is 39.3 Å². The van der Waals surface area contributed by atoms with E-state index < -0.39 is 0 Å². The maximum absolute atomic E-state index is 12.2. The molecule has 1 atom stereocenters. The monoisotopic (exact) mass is 343 g/mol. The van der Waals surface area contributed by atoms with Crippen molar-refractivity contribution in [1.29, 1.82) is 0 Å². The van der Waals surface area contributed by atoms with Gasteiger partial charge in [0.05, 0.1) is 9.50 Å². The van der Waals surface area contributed by atoms with Gasteiger partial charge in [-0.15, -0.1) is 0 Å². The lowest BCUT2D eigenvalue weighted by Gasteiger charge is -2.25. The number of carbonyl (C=O) groups is 1. The Labute approximate surface area is 125 Å². The molecule has 1 aromatic rings. The first-order valence-corrected chi connectivity index (χ1v) is 7.70. The minimum absolute atomic E-state index is 0.106. The first-order valence-electron chi connectivity index (χ1n) is 6.53. The lowest BCUT2D eigenvalue weighted by atomic mass is 10.2. The zero-order chi connectivity index (χ0) is 13.4. The zero-order valence-corrected chi connectivity index (χ0v) is 12.7. The van der Waals surface area contributed by atoms with Crippen LogP contribution in [0.15, 0.2) is 16.7 Å². The zero-order valence-electron chi connectivity index (χ0n) is 10.4. The molecule has 1 N–H and O–H groups in total. The summed E-state index contributed by atoms with van der Waals surface area (Å²) in [5.41, 5.74) is 0. The quantitative estimate of drug-likeness (QED) is 0.917. The Balaban J connectivity index is 1.79. The first-order chi connectivity index (χ1) is 9.15. The Morgan fingerprint density at radius 2 is 2.26 bits per heavy atom. The van der Waals surface area contributed by atoms with Crippen LogP contribution >= 0.6 is 27.5 Å². The van der Waals surface area contributed by atoms with Gasteiger partial charge in [0.25, 0.3) is 0 Å². The lowest BCUT2D eigenvalue weighted by Crippen LogP contribution is -2.44. The van der Waals surface area contributed by atoms with Crippen LogP contribution in [-0.4, -0.2) is 29.5 Å². The SMILES string of the molecule is O=C(NC1CC1)C1CCCN1c1ncc(Cl)cc1Br. The van der Waals surface area contributed by atoms with Crippen molar-refractivity contribution in [2.75, 3.05) is 11.4 Å². The van der Waals surface area contributed by atoms with Crippen molar-refractivity contribution < 1.29 is 4.79 Å². The van der Waals surface area contributed by atoms with E-state index in [1.165, 1.54) is 0 Å². The summed E-state index contributed by atoms with van der Waals surface area (Å²) in [6.45, 7) is 0.857. The molecule has 1 saturated heterocycles. The third-order valence-electron chi connectivity index (χ3n) is 3.54. The molecular weight excluding hydrogens is 330 g/mol. The van der Waals surface area contributed by atoms with E-state index >= 15 is 0 Å². The van der Waals surface area contributed by atoms with Gasteiger partial charge in [-0.05, 0) is 47.7 Å². The molecule has 0 radical (unpaired) electrons. The molecule has 1 aliphatic heterocycles. The van der Waals surface area contributed by atoms with Crippen LogP contribution in [0.1, 0.15) is 25.7 Å². The molecule has 4 nitrogen and oxygen atoms in total. The van der Waals surface area contributed by atoms with E-state index in [2.05, 4.69) is 31.1 Å². The van der Waals surface area contributed by atoms with Crippen LogP contribution in [0.4, 0.5) is 5.82 Å². The largest absolute Gasteiger partial charge is 0.352 e. The van der Waals surface area contributed by atoms with Gasteiger partial charge < -0.3 is 10.2 Å². The van der Waals surface area contributed by atoms with Gasteiger partial charge in [-0.3, -0.25) is 4.79 Å². The van der Waals surface area contributed by atoms with Crippen LogP contribution in [0.2, 0.25) is 5.02 Å². The van der Waals surface area contributed by atoms with Crippen LogP contribution < -0.4 is 10.2 Å². The van der Waals surface area contributed by atoms with Crippen LogP contribution in [0.3, 0.4) is 0 Å². The Bertz CT molecular complexity index is 507. The van der Waals surface area contributed by atoms with Gasteiger partial charge in [-0.1, -0.05) is 11.6 Å². The second kappa shape index (κ2) is 5.29. The van der Waals surface area contributed by atoms with E-state index in [1.807, 2.05) is 6.07 Å². The molecule has 1 aliphatic carbocycles. The number of nitrogens with zero attached hydrogens (tertiary/aromatic N) is 2. The predicted molar refractivity (Wildman–Crippen MR) is 78.5 cm³/mol. The fourth-order valence-corrected chi connectivity index (χ4v) is 3.30. The Morgan fingerprint density at radius 3 is 2.95 bits per heavy atom. The average molecular weight is 345 g/mol. The highest BCUT2D eigenvalue weighted by Crippen LogP contribution is 2.32. The molecule has 2 heterocycles. The number of aromatic nitrogens is 1. The van der Waals surface area contributed by atoms with E-state index in [1.54, 1.807) is 6.20 Å². The molecule has 1 saturated carbocycles. The van der Waals surface area contributed by atoms with Crippen LogP contribution in [-0.2, 0) is 4.79 Å². The van der Waals surface area contributed by atoms with E-state index in [-0.39, 0.29) is 11.9 Å². The van der Waals surface area contributed by atoms with E-state index in [4.69, 9.17) is 11.6 Å². The number of rotatable bonds is 3. The molecule has 0 bridgehead atoms. The Hall–Kier alpha value is -0.810. The van der Waals surface area contributed by atoms with Crippen molar-refractivity contribution in [3.8, 4) is 0 Å². The van der Waals surface area contributed by atoms with Crippen molar-refractivity contribution in [1.82, 2.24) is 10.3 Å². The molecule has 1 unspecified atom stereocenters. The molecule has 2 aliphatic rings. The maximum Gasteiger partial charge on any atom is 0.242 e. The summed E-state index contributed by atoms with van der Waals surface area (Å²) in [7, 11) is 0. The molecule has 102 valence electrons. The number of halogens is 2. The van der Waals surface area contributed by atoms with Crippen LogP contribution in [0.25, 0.3) is 0 Å². The summed E-state index contributed by atoms with van der Waals surface area (Å²) in [6.07, 6.45) is 5.74. The minimum atomic E-state index is -0.106. The molecule has 6 heteroatoms. The Kier molecular flexibility index (Phi) is 3.67. The molecule has 3 rings (SSSR count). The fourth-order valence-electron chi connectivity index (χ4n) is 2.44. The molecule has 0 aromatic carbocycles. The molecule has 0 spiro atoms. The standard InChI is InChI=1S/C13H15BrClN3O/c14-10-6-8(15)7-16-12(10)18-5-1-2-11(18)13(19)17-9-3-4-9/h6-7,9,11H,1-5H2,(H,17,19). The number of anilines is 1. The molecule has 2 fully saturated rings. The number of carbonyl (C=O) groups excluding carboxylic acids is 1. The molecular formula is C13H15BrClN3O. The minimum Gasteiger partial charge on any atom is -0.352 e. The van der Waals surface area contributed by atoms with E-state index in [0.29, 0.717) is 11.1 Å². The van der Waals surface area contributed by atoms with Gasteiger partial charge in [0, 0.05) is 18.8 Å². The third kappa shape index (κ3) is 2.87. The summed E-state index contributed by atoms with van der Waals surface area (Å²) in [5, 5.41) is 3.67. The van der Waals surface area contributed by atoms with Crippen molar-refractivity contribution in [2.45, 2.75) is 37.8 Å².